The number of hydrogen-bond acceptors (Lipinski definition) is 6. The van der Waals surface area contributed by atoms with Gasteiger partial charge in [0.05, 0.1) is 30.1 Å². The van der Waals surface area contributed by atoms with E-state index in [0.29, 0.717) is 59.5 Å². The quantitative estimate of drug-likeness (QED) is 0.350. The number of anilines is 2. The van der Waals surface area contributed by atoms with Crippen LogP contribution in [0.3, 0.4) is 0 Å². The van der Waals surface area contributed by atoms with Crippen LogP contribution in [-0.4, -0.2) is 28.2 Å². The van der Waals surface area contributed by atoms with Crippen LogP contribution in [-0.2, 0) is 11.0 Å². The first-order valence-electron chi connectivity index (χ1n) is 11.8. The van der Waals surface area contributed by atoms with Crippen molar-refractivity contribution in [3.8, 4) is 5.75 Å². The Morgan fingerprint density at radius 3 is 2.44 bits per heavy atom. The van der Waals surface area contributed by atoms with Crippen molar-refractivity contribution < 1.29 is 27.8 Å². The minimum absolute atomic E-state index is 0.0289. The second-order valence-corrected chi connectivity index (χ2v) is 9.37. The van der Waals surface area contributed by atoms with Gasteiger partial charge < -0.3 is 20.9 Å². The number of nitrogen functional groups attached to an aromatic ring is 1. The number of carboxylic acids is 1. The third-order valence-corrected chi connectivity index (χ3v) is 6.83. The van der Waals surface area contributed by atoms with Gasteiger partial charge in [-0.2, -0.15) is 13.2 Å². The Balaban J connectivity index is 1.71. The second-order valence-electron chi connectivity index (χ2n) is 9.37. The Labute approximate surface area is 206 Å². The molecule has 3 aromatic rings. The average Bonchev–Trinajstić information content (AvgIpc) is 2.82. The predicted octanol–water partition coefficient (Wildman–Crippen LogP) is 6.08. The van der Waals surface area contributed by atoms with Crippen LogP contribution in [0.15, 0.2) is 30.3 Å². The monoisotopic (exact) mass is 502 g/mol. The van der Waals surface area contributed by atoms with Gasteiger partial charge in [-0.3, -0.25) is 4.79 Å². The molecular weight excluding hydrogens is 473 g/mol. The van der Waals surface area contributed by atoms with Crippen molar-refractivity contribution in [1.29, 1.82) is 0 Å². The minimum atomic E-state index is -4.51. The molecule has 1 atom stereocenters. The van der Waals surface area contributed by atoms with Crippen molar-refractivity contribution in [2.75, 3.05) is 18.2 Å². The number of methoxy groups -OCH3 is 1. The van der Waals surface area contributed by atoms with E-state index < -0.39 is 23.8 Å². The molecule has 0 spiro atoms. The lowest BCUT2D eigenvalue weighted by molar-refractivity contribution is -0.143. The summed E-state index contributed by atoms with van der Waals surface area (Å²) in [7, 11) is 1.58. The van der Waals surface area contributed by atoms with E-state index in [4.69, 9.17) is 10.5 Å². The zero-order valence-corrected chi connectivity index (χ0v) is 20.3. The normalized spacial score (nSPS) is 19.2. The molecular formula is C26H29F3N4O3. The molecule has 1 saturated carbocycles. The number of carbonyl (C=O) groups is 1. The van der Waals surface area contributed by atoms with Gasteiger partial charge in [0, 0.05) is 17.1 Å². The fourth-order valence-corrected chi connectivity index (χ4v) is 4.93. The third-order valence-electron chi connectivity index (χ3n) is 6.83. The average molecular weight is 503 g/mol. The highest BCUT2D eigenvalue weighted by molar-refractivity contribution is 5.91. The molecule has 0 radical (unpaired) electrons. The second kappa shape index (κ2) is 9.83. The molecule has 1 heterocycles. The SMILES string of the molecule is COc1cc2nc(C)nc(N[C@H](C)c3cc(N)cc(C(F)(F)F)c3)c2cc1C1CCC(C(=O)O)CC1. The van der Waals surface area contributed by atoms with Gasteiger partial charge in [-0.15, -0.1) is 0 Å². The summed E-state index contributed by atoms with van der Waals surface area (Å²) >= 11 is 0. The van der Waals surface area contributed by atoms with Crippen LogP contribution in [0, 0.1) is 12.8 Å². The number of nitrogens with zero attached hydrogens (tertiary/aromatic N) is 2. The molecule has 1 aromatic heterocycles. The fraction of sp³-hybridized carbons (Fsp3) is 0.423. The summed E-state index contributed by atoms with van der Waals surface area (Å²) in [5.41, 5.74) is 6.95. The summed E-state index contributed by atoms with van der Waals surface area (Å²) in [6, 6.07) is 6.77. The van der Waals surface area contributed by atoms with E-state index in [0.717, 1.165) is 17.7 Å². The lowest BCUT2D eigenvalue weighted by Gasteiger charge is -2.28. The number of rotatable bonds is 6. The largest absolute Gasteiger partial charge is 0.496 e. The maximum atomic E-state index is 13.3. The smallest absolute Gasteiger partial charge is 0.416 e. The molecule has 10 heteroatoms. The number of benzene rings is 2. The van der Waals surface area contributed by atoms with E-state index in [1.807, 2.05) is 12.1 Å². The van der Waals surface area contributed by atoms with E-state index in [2.05, 4.69) is 15.3 Å². The van der Waals surface area contributed by atoms with Gasteiger partial charge in [0.25, 0.3) is 0 Å². The van der Waals surface area contributed by atoms with Gasteiger partial charge in [0.1, 0.15) is 17.4 Å². The fourth-order valence-electron chi connectivity index (χ4n) is 4.93. The lowest BCUT2D eigenvalue weighted by Crippen LogP contribution is -2.20. The summed E-state index contributed by atoms with van der Waals surface area (Å²) in [5.74, 6) is 0.676. The zero-order chi connectivity index (χ0) is 26.2. The van der Waals surface area contributed by atoms with Gasteiger partial charge in [-0.1, -0.05) is 0 Å². The Morgan fingerprint density at radius 1 is 1.14 bits per heavy atom. The number of fused-ring (bicyclic) bond motifs is 1. The van der Waals surface area contributed by atoms with E-state index >= 15 is 0 Å². The van der Waals surface area contributed by atoms with Crippen molar-refractivity contribution >= 4 is 28.4 Å². The first kappa shape index (κ1) is 25.5. The summed E-state index contributed by atoms with van der Waals surface area (Å²) in [4.78, 5) is 20.4. The Hall–Kier alpha value is -3.56. The van der Waals surface area contributed by atoms with Crippen LogP contribution in [0.1, 0.15) is 67.1 Å². The molecule has 0 unspecified atom stereocenters. The van der Waals surface area contributed by atoms with Crippen molar-refractivity contribution in [2.45, 2.75) is 57.7 Å². The molecule has 1 aliphatic rings. The van der Waals surface area contributed by atoms with E-state index in [-0.39, 0.29) is 17.5 Å². The van der Waals surface area contributed by atoms with Gasteiger partial charge in [0.15, 0.2) is 0 Å². The van der Waals surface area contributed by atoms with Gasteiger partial charge in [0.2, 0.25) is 0 Å². The number of nitrogens with one attached hydrogen (secondary N) is 1. The van der Waals surface area contributed by atoms with Crippen molar-refractivity contribution in [2.24, 2.45) is 5.92 Å². The van der Waals surface area contributed by atoms with Crippen LogP contribution in [0.2, 0.25) is 0 Å². The maximum absolute atomic E-state index is 13.3. The highest BCUT2D eigenvalue weighted by Gasteiger charge is 2.32. The van der Waals surface area contributed by atoms with Gasteiger partial charge in [-0.05, 0) is 80.8 Å². The summed E-state index contributed by atoms with van der Waals surface area (Å²) in [5, 5.41) is 13.3. The van der Waals surface area contributed by atoms with Crippen LogP contribution < -0.4 is 15.8 Å². The van der Waals surface area contributed by atoms with E-state index in [1.54, 1.807) is 21.0 Å². The number of hydrogen-bond donors (Lipinski definition) is 3. The number of ether oxygens (including phenoxy) is 1. The molecule has 0 bridgehead atoms. The number of aromatic nitrogens is 2. The Bertz CT molecular complexity index is 1290. The standard InChI is InChI=1S/C26H29F3N4O3/c1-13(17-8-18(26(27,28)29)10-19(30)9-17)31-24-21-11-20(15-4-6-16(7-5-15)25(34)35)23(36-3)12-22(21)32-14(2)33-24/h8-13,15-16H,4-7,30H2,1-3H3,(H,34,35)(H,31,32,33)/t13-,15?,16?/m1/s1. The molecule has 0 saturated heterocycles. The maximum Gasteiger partial charge on any atom is 0.416 e. The van der Waals surface area contributed by atoms with Crippen molar-refractivity contribution in [1.82, 2.24) is 9.97 Å². The molecule has 36 heavy (non-hydrogen) atoms. The number of aliphatic carboxylic acids is 1. The van der Waals surface area contributed by atoms with Crippen LogP contribution in [0.4, 0.5) is 24.7 Å². The van der Waals surface area contributed by atoms with E-state index in [9.17, 15) is 23.1 Å². The number of aryl methyl sites for hydroxylation is 1. The number of carboxylic acid groups (broad SMARTS) is 1. The first-order chi connectivity index (χ1) is 17.0. The topological polar surface area (TPSA) is 110 Å². The number of halogens is 3. The summed E-state index contributed by atoms with van der Waals surface area (Å²) in [6.07, 6.45) is -1.90. The molecule has 1 fully saturated rings. The number of alkyl halides is 3. The third kappa shape index (κ3) is 5.32. The van der Waals surface area contributed by atoms with Gasteiger partial charge >= 0.3 is 12.1 Å². The minimum Gasteiger partial charge on any atom is -0.496 e. The molecule has 4 rings (SSSR count). The molecule has 0 aliphatic heterocycles. The Kier molecular flexibility index (Phi) is 6.97. The first-order valence-corrected chi connectivity index (χ1v) is 11.8. The van der Waals surface area contributed by atoms with E-state index in [1.165, 1.54) is 6.07 Å². The van der Waals surface area contributed by atoms with Crippen LogP contribution in [0.25, 0.3) is 10.9 Å². The number of nitrogens with two attached hydrogens (primary N) is 1. The van der Waals surface area contributed by atoms with Crippen molar-refractivity contribution in [3.63, 3.8) is 0 Å². The molecule has 192 valence electrons. The highest BCUT2D eigenvalue weighted by atomic mass is 19.4. The lowest BCUT2D eigenvalue weighted by atomic mass is 9.78. The van der Waals surface area contributed by atoms with Crippen LogP contribution in [0.5, 0.6) is 5.75 Å². The summed E-state index contributed by atoms with van der Waals surface area (Å²) in [6.45, 7) is 3.49. The zero-order valence-electron chi connectivity index (χ0n) is 20.3. The predicted molar refractivity (Wildman–Crippen MR) is 131 cm³/mol. The summed E-state index contributed by atoms with van der Waals surface area (Å²) < 4.78 is 45.6. The van der Waals surface area contributed by atoms with Crippen molar-refractivity contribution in [3.05, 3.63) is 52.8 Å². The molecule has 1 aliphatic carbocycles. The Morgan fingerprint density at radius 2 is 1.83 bits per heavy atom. The molecule has 7 nitrogen and oxygen atoms in total. The van der Waals surface area contributed by atoms with Crippen LogP contribution >= 0.6 is 0 Å². The highest BCUT2D eigenvalue weighted by Crippen LogP contribution is 2.42. The molecule has 0 amide bonds. The molecule has 4 N–H and O–H groups in total. The molecule has 2 aromatic carbocycles. The van der Waals surface area contributed by atoms with Gasteiger partial charge in [-0.25, -0.2) is 9.97 Å².